The van der Waals surface area contributed by atoms with E-state index in [-0.39, 0.29) is 35.8 Å². The van der Waals surface area contributed by atoms with Crippen molar-refractivity contribution >= 4 is 35.3 Å². The van der Waals surface area contributed by atoms with E-state index in [2.05, 4.69) is 10.6 Å². The highest BCUT2D eigenvalue weighted by Gasteiger charge is 2.18. The molecule has 0 saturated carbocycles. The van der Waals surface area contributed by atoms with E-state index in [1.54, 1.807) is 6.92 Å². The second-order valence-electron chi connectivity index (χ2n) is 4.53. The monoisotopic (exact) mass is 303 g/mol. The van der Waals surface area contributed by atoms with Crippen LogP contribution in [0.3, 0.4) is 0 Å². The van der Waals surface area contributed by atoms with Crippen LogP contribution >= 0.6 is 11.8 Å². The van der Waals surface area contributed by atoms with Gasteiger partial charge in [-0.05, 0) is 13.8 Å². The molecule has 2 atom stereocenters. The number of Topliss-reactive ketones (excluding diaryl/α,β-unsaturated/α-hetero) is 1. The Morgan fingerprint density at radius 1 is 1.20 bits per heavy atom. The molecule has 0 aliphatic carbocycles. The zero-order valence-corrected chi connectivity index (χ0v) is 12.7. The van der Waals surface area contributed by atoms with Gasteiger partial charge in [0.2, 0.25) is 17.7 Å². The predicted octanol–water partition coefficient (Wildman–Crippen LogP) is -0.949. The number of ketones is 1. The van der Waals surface area contributed by atoms with Crippen molar-refractivity contribution in [1.82, 2.24) is 10.6 Å². The van der Waals surface area contributed by atoms with Gasteiger partial charge in [-0.15, -0.1) is 0 Å². The SMILES string of the molecule is CC(=O)CNC(=O)CSC[C@H](C)C(=O)N[C@@H](C)C(N)=O. The molecule has 0 unspecified atom stereocenters. The standard InChI is InChI=1S/C12H21N3O4S/c1-7(12(19)15-9(3)11(13)18)5-20-6-10(17)14-4-8(2)16/h7,9H,4-6H2,1-3H3,(H2,13,18)(H,14,17)(H,15,19)/t7-,9-/m0/s1. The lowest BCUT2D eigenvalue weighted by atomic mass is 10.2. The van der Waals surface area contributed by atoms with Crippen molar-refractivity contribution in [1.29, 1.82) is 0 Å². The van der Waals surface area contributed by atoms with Crippen LogP contribution in [-0.2, 0) is 19.2 Å². The van der Waals surface area contributed by atoms with Crippen LogP contribution in [0.5, 0.6) is 0 Å². The second-order valence-corrected chi connectivity index (χ2v) is 5.56. The van der Waals surface area contributed by atoms with Gasteiger partial charge in [-0.2, -0.15) is 11.8 Å². The Morgan fingerprint density at radius 2 is 1.80 bits per heavy atom. The molecule has 0 aromatic rings. The first kappa shape index (κ1) is 18.4. The Balaban J connectivity index is 3.89. The maximum absolute atomic E-state index is 11.7. The molecule has 4 N–H and O–H groups in total. The van der Waals surface area contributed by atoms with Gasteiger partial charge in [0.05, 0.1) is 12.3 Å². The van der Waals surface area contributed by atoms with Gasteiger partial charge in [0, 0.05) is 11.7 Å². The molecular weight excluding hydrogens is 282 g/mol. The summed E-state index contributed by atoms with van der Waals surface area (Å²) in [6.45, 7) is 4.62. The van der Waals surface area contributed by atoms with Crippen molar-refractivity contribution in [2.45, 2.75) is 26.8 Å². The number of carbonyl (C=O) groups excluding carboxylic acids is 4. The van der Waals surface area contributed by atoms with E-state index in [0.717, 1.165) is 0 Å². The Hall–Kier alpha value is -1.57. The van der Waals surface area contributed by atoms with E-state index in [1.165, 1.54) is 25.6 Å². The molecule has 3 amide bonds. The number of nitrogens with two attached hydrogens (primary N) is 1. The van der Waals surface area contributed by atoms with Crippen molar-refractivity contribution in [2.24, 2.45) is 11.7 Å². The van der Waals surface area contributed by atoms with Crippen molar-refractivity contribution < 1.29 is 19.2 Å². The topological polar surface area (TPSA) is 118 Å². The lowest BCUT2D eigenvalue weighted by Crippen LogP contribution is -2.44. The molecule has 20 heavy (non-hydrogen) atoms. The highest BCUT2D eigenvalue weighted by atomic mass is 32.2. The number of rotatable bonds is 9. The maximum Gasteiger partial charge on any atom is 0.239 e. The van der Waals surface area contributed by atoms with Crippen molar-refractivity contribution in [3.05, 3.63) is 0 Å². The van der Waals surface area contributed by atoms with Gasteiger partial charge in [-0.3, -0.25) is 19.2 Å². The molecule has 8 heteroatoms. The van der Waals surface area contributed by atoms with Gasteiger partial charge >= 0.3 is 0 Å². The summed E-state index contributed by atoms with van der Waals surface area (Å²) in [6.07, 6.45) is 0. The third-order valence-corrected chi connectivity index (χ3v) is 3.57. The highest BCUT2D eigenvalue weighted by molar-refractivity contribution is 7.99. The molecule has 0 bridgehead atoms. The van der Waals surface area contributed by atoms with Gasteiger partial charge in [0.1, 0.15) is 11.8 Å². The average molecular weight is 303 g/mol. The van der Waals surface area contributed by atoms with Crippen LogP contribution in [0.25, 0.3) is 0 Å². The van der Waals surface area contributed by atoms with Crippen molar-refractivity contribution in [3.8, 4) is 0 Å². The summed E-state index contributed by atoms with van der Waals surface area (Å²) >= 11 is 1.28. The molecule has 0 saturated heterocycles. The van der Waals surface area contributed by atoms with Crippen LogP contribution in [0, 0.1) is 5.92 Å². The smallest absolute Gasteiger partial charge is 0.239 e. The normalized spacial score (nSPS) is 13.2. The molecule has 0 fully saturated rings. The number of nitrogens with one attached hydrogen (secondary N) is 2. The summed E-state index contributed by atoms with van der Waals surface area (Å²) in [4.78, 5) is 44.5. The first-order valence-electron chi connectivity index (χ1n) is 6.17. The lowest BCUT2D eigenvalue weighted by molar-refractivity contribution is -0.128. The maximum atomic E-state index is 11.7. The first-order valence-corrected chi connectivity index (χ1v) is 7.33. The van der Waals surface area contributed by atoms with Crippen LogP contribution in [0.4, 0.5) is 0 Å². The molecule has 0 aliphatic heterocycles. The van der Waals surface area contributed by atoms with Gasteiger partial charge in [-0.1, -0.05) is 6.92 Å². The summed E-state index contributed by atoms with van der Waals surface area (Å²) in [7, 11) is 0. The molecule has 0 spiro atoms. The first-order chi connectivity index (χ1) is 9.23. The molecule has 0 heterocycles. The molecule has 0 aromatic heterocycles. The average Bonchev–Trinajstić information content (AvgIpc) is 2.35. The Labute approximate surface area is 122 Å². The highest BCUT2D eigenvalue weighted by Crippen LogP contribution is 2.08. The molecule has 0 aliphatic rings. The van der Waals surface area contributed by atoms with Crippen molar-refractivity contribution in [3.63, 3.8) is 0 Å². The zero-order chi connectivity index (χ0) is 15.7. The molecule has 0 rings (SSSR count). The molecule has 114 valence electrons. The van der Waals surface area contributed by atoms with Crippen LogP contribution < -0.4 is 16.4 Å². The third kappa shape index (κ3) is 8.52. The minimum Gasteiger partial charge on any atom is -0.368 e. The number of thioether (sulfide) groups is 1. The van der Waals surface area contributed by atoms with E-state index in [0.29, 0.717) is 5.75 Å². The van der Waals surface area contributed by atoms with Crippen LogP contribution in [-0.4, -0.2) is 47.6 Å². The summed E-state index contributed by atoms with van der Waals surface area (Å²) in [5.41, 5.74) is 5.04. The van der Waals surface area contributed by atoms with Gasteiger partial charge < -0.3 is 16.4 Å². The minimum absolute atomic E-state index is 0.0194. The quantitative estimate of drug-likeness (QED) is 0.507. The Morgan fingerprint density at radius 3 is 2.30 bits per heavy atom. The van der Waals surface area contributed by atoms with Crippen LogP contribution in [0.15, 0.2) is 0 Å². The Kier molecular flexibility index (Phi) is 8.62. The Bertz CT molecular complexity index is 387. The van der Waals surface area contributed by atoms with Gasteiger partial charge in [0.25, 0.3) is 0 Å². The van der Waals surface area contributed by atoms with E-state index in [4.69, 9.17) is 5.73 Å². The third-order valence-electron chi connectivity index (χ3n) is 2.37. The fraction of sp³-hybridized carbons (Fsp3) is 0.667. The van der Waals surface area contributed by atoms with Crippen LogP contribution in [0.1, 0.15) is 20.8 Å². The molecular formula is C12H21N3O4S. The number of hydrogen-bond acceptors (Lipinski definition) is 5. The van der Waals surface area contributed by atoms with E-state index < -0.39 is 11.9 Å². The summed E-state index contributed by atoms with van der Waals surface area (Å²) < 4.78 is 0. The van der Waals surface area contributed by atoms with E-state index >= 15 is 0 Å². The fourth-order valence-electron chi connectivity index (χ4n) is 1.10. The second kappa shape index (κ2) is 9.35. The largest absolute Gasteiger partial charge is 0.368 e. The van der Waals surface area contributed by atoms with Crippen LogP contribution in [0.2, 0.25) is 0 Å². The molecule has 0 radical (unpaired) electrons. The molecule has 0 aromatic carbocycles. The zero-order valence-electron chi connectivity index (χ0n) is 11.9. The van der Waals surface area contributed by atoms with Crippen molar-refractivity contribution in [2.75, 3.05) is 18.1 Å². The summed E-state index contributed by atoms with van der Waals surface area (Å²) in [5.74, 6) is -0.974. The lowest BCUT2D eigenvalue weighted by Gasteiger charge is -2.14. The van der Waals surface area contributed by atoms with Gasteiger partial charge in [-0.25, -0.2) is 0 Å². The number of primary amides is 1. The fourth-order valence-corrected chi connectivity index (χ4v) is 2.02. The number of hydrogen-bond donors (Lipinski definition) is 3. The summed E-state index contributed by atoms with van der Waals surface area (Å²) in [6, 6.07) is -0.714. The number of carbonyl (C=O) groups is 4. The predicted molar refractivity (Wildman–Crippen MR) is 77.0 cm³/mol. The van der Waals surface area contributed by atoms with E-state index in [1.807, 2.05) is 0 Å². The summed E-state index contributed by atoms with van der Waals surface area (Å²) in [5, 5.41) is 4.95. The van der Waals surface area contributed by atoms with E-state index in [9.17, 15) is 19.2 Å². The number of amides is 3. The molecule has 7 nitrogen and oxygen atoms in total. The van der Waals surface area contributed by atoms with Gasteiger partial charge in [0.15, 0.2) is 0 Å². The minimum atomic E-state index is -0.714.